The summed E-state index contributed by atoms with van der Waals surface area (Å²) in [4.78, 5) is 0. The van der Waals surface area contributed by atoms with Gasteiger partial charge in [0.05, 0.1) is 23.4 Å². The molecule has 0 saturated heterocycles. The number of aryl methyl sites for hydroxylation is 1. The first kappa shape index (κ1) is 11.6. The molecule has 2 rings (SSSR count). The van der Waals surface area contributed by atoms with Crippen molar-refractivity contribution in [2.45, 2.75) is 6.04 Å². The third-order valence-corrected chi connectivity index (χ3v) is 2.76. The molecule has 0 spiro atoms. The fourth-order valence-corrected chi connectivity index (χ4v) is 1.83. The normalized spacial score (nSPS) is 12.1. The number of nitriles is 1. The third-order valence-electron chi connectivity index (χ3n) is 2.52. The van der Waals surface area contributed by atoms with Gasteiger partial charge in [-0.2, -0.15) is 10.4 Å². The van der Waals surface area contributed by atoms with Crippen LogP contribution in [0, 0.1) is 11.3 Å². The van der Waals surface area contributed by atoms with Crippen molar-refractivity contribution in [3.8, 4) is 6.07 Å². The van der Waals surface area contributed by atoms with E-state index in [1.807, 2.05) is 19.3 Å². The zero-order valence-corrected chi connectivity index (χ0v) is 10.0. The number of benzene rings is 1. The second-order valence-corrected chi connectivity index (χ2v) is 4.17. The molecule has 86 valence electrons. The second kappa shape index (κ2) is 4.58. The summed E-state index contributed by atoms with van der Waals surface area (Å²) in [5, 5.41) is 13.8. The smallest absolute Gasteiger partial charge is 0.0995 e. The maximum atomic E-state index is 9.04. The van der Waals surface area contributed by atoms with E-state index in [0.29, 0.717) is 21.8 Å². The molecule has 5 heteroatoms. The van der Waals surface area contributed by atoms with Gasteiger partial charge in [-0.25, -0.2) is 0 Å². The minimum absolute atomic E-state index is 0.440. The van der Waals surface area contributed by atoms with Gasteiger partial charge < -0.3 is 5.73 Å². The molecule has 1 heterocycles. The Morgan fingerprint density at radius 1 is 1.47 bits per heavy atom. The molecule has 1 aromatic carbocycles. The SMILES string of the molecule is Cn1ccc(C(N)c2cc(Cl)ccc2C#N)n1. The van der Waals surface area contributed by atoms with Gasteiger partial charge in [0, 0.05) is 18.3 Å². The highest BCUT2D eigenvalue weighted by molar-refractivity contribution is 6.30. The van der Waals surface area contributed by atoms with E-state index < -0.39 is 6.04 Å². The van der Waals surface area contributed by atoms with E-state index in [4.69, 9.17) is 22.6 Å². The van der Waals surface area contributed by atoms with Gasteiger partial charge in [0.15, 0.2) is 0 Å². The summed E-state index contributed by atoms with van der Waals surface area (Å²) in [6.07, 6.45) is 1.81. The standard InChI is InChI=1S/C12H11ClN4/c1-17-5-4-11(16-17)12(15)10-6-9(13)3-2-8(10)7-14/h2-6,12H,15H2,1H3. The van der Waals surface area contributed by atoms with Gasteiger partial charge in [0.1, 0.15) is 0 Å². The monoisotopic (exact) mass is 246 g/mol. The highest BCUT2D eigenvalue weighted by Gasteiger charge is 2.15. The molecule has 2 aromatic rings. The van der Waals surface area contributed by atoms with Crippen molar-refractivity contribution in [1.29, 1.82) is 5.26 Å². The average molecular weight is 247 g/mol. The van der Waals surface area contributed by atoms with E-state index in [1.165, 1.54) is 0 Å². The fraction of sp³-hybridized carbons (Fsp3) is 0.167. The van der Waals surface area contributed by atoms with Crippen molar-refractivity contribution in [2.24, 2.45) is 12.8 Å². The minimum Gasteiger partial charge on any atom is -0.319 e. The van der Waals surface area contributed by atoms with Crippen LogP contribution in [-0.4, -0.2) is 9.78 Å². The average Bonchev–Trinajstić information content (AvgIpc) is 2.75. The van der Waals surface area contributed by atoms with E-state index in [9.17, 15) is 0 Å². The molecule has 0 aliphatic rings. The topological polar surface area (TPSA) is 67.6 Å². The lowest BCUT2D eigenvalue weighted by atomic mass is 9.99. The van der Waals surface area contributed by atoms with Gasteiger partial charge in [-0.05, 0) is 29.8 Å². The van der Waals surface area contributed by atoms with E-state index >= 15 is 0 Å². The first-order valence-corrected chi connectivity index (χ1v) is 5.44. The highest BCUT2D eigenvalue weighted by atomic mass is 35.5. The fourth-order valence-electron chi connectivity index (χ4n) is 1.65. The van der Waals surface area contributed by atoms with Crippen LogP contribution in [0.15, 0.2) is 30.5 Å². The summed E-state index contributed by atoms with van der Waals surface area (Å²) in [6.45, 7) is 0. The Morgan fingerprint density at radius 2 is 2.24 bits per heavy atom. The number of nitrogens with zero attached hydrogens (tertiary/aromatic N) is 3. The Kier molecular flexibility index (Phi) is 3.14. The first-order valence-electron chi connectivity index (χ1n) is 5.06. The van der Waals surface area contributed by atoms with Gasteiger partial charge in [-0.15, -0.1) is 0 Å². The Morgan fingerprint density at radius 3 is 2.82 bits per heavy atom. The summed E-state index contributed by atoms with van der Waals surface area (Å²) >= 11 is 5.92. The van der Waals surface area contributed by atoms with Crippen LogP contribution >= 0.6 is 11.6 Å². The maximum Gasteiger partial charge on any atom is 0.0995 e. The number of hydrogen-bond donors (Lipinski definition) is 1. The zero-order chi connectivity index (χ0) is 12.4. The molecular formula is C12H11ClN4. The number of halogens is 1. The van der Waals surface area contributed by atoms with Crippen LogP contribution in [0.1, 0.15) is 22.9 Å². The summed E-state index contributed by atoms with van der Waals surface area (Å²) in [7, 11) is 1.82. The van der Waals surface area contributed by atoms with Crippen LogP contribution in [0.25, 0.3) is 0 Å². The Labute approximate surface area is 104 Å². The lowest BCUT2D eigenvalue weighted by Gasteiger charge is -2.11. The van der Waals surface area contributed by atoms with Crippen molar-refractivity contribution in [2.75, 3.05) is 0 Å². The highest BCUT2D eigenvalue weighted by Crippen LogP contribution is 2.24. The Hall–Kier alpha value is -1.83. The predicted octanol–water partition coefficient (Wildman–Crippen LogP) is 1.99. The molecule has 1 unspecified atom stereocenters. The lowest BCUT2D eigenvalue weighted by Crippen LogP contribution is -2.14. The zero-order valence-electron chi connectivity index (χ0n) is 9.26. The lowest BCUT2D eigenvalue weighted by molar-refractivity contribution is 0.715. The van der Waals surface area contributed by atoms with Gasteiger partial charge >= 0.3 is 0 Å². The van der Waals surface area contributed by atoms with Crippen molar-refractivity contribution in [3.05, 3.63) is 52.3 Å². The van der Waals surface area contributed by atoms with Crippen LogP contribution in [0.5, 0.6) is 0 Å². The number of nitrogens with two attached hydrogens (primary N) is 1. The molecule has 0 bridgehead atoms. The van der Waals surface area contributed by atoms with E-state index in [2.05, 4.69) is 11.2 Å². The van der Waals surface area contributed by atoms with Gasteiger partial charge in [0.25, 0.3) is 0 Å². The molecule has 17 heavy (non-hydrogen) atoms. The molecule has 0 amide bonds. The molecule has 0 aliphatic carbocycles. The molecule has 0 fully saturated rings. The van der Waals surface area contributed by atoms with Crippen molar-refractivity contribution < 1.29 is 0 Å². The summed E-state index contributed by atoms with van der Waals surface area (Å²) < 4.78 is 1.67. The number of hydrogen-bond acceptors (Lipinski definition) is 3. The molecule has 1 atom stereocenters. The van der Waals surface area contributed by atoms with Crippen molar-refractivity contribution in [1.82, 2.24) is 9.78 Å². The summed E-state index contributed by atoms with van der Waals surface area (Å²) in [6, 6.07) is 8.54. The quantitative estimate of drug-likeness (QED) is 0.881. The van der Waals surface area contributed by atoms with Crippen LogP contribution in [0.3, 0.4) is 0 Å². The van der Waals surface area contributed by atoms with Crippen LogP contribution in [-0.2, 0) is 7.05 Å². The van der Waals surface area contributed by atoms with E-state index in [0.717, 1.165) is 0 Å². The molecule has 0 radical (unpaired) electrons. The first-order chi connectivity index (χ1) is 8.11. The minimum atomic E-state index is -0.440. The van der Waals surface area contributed by atoms with Crippen molar-refractivity contribution in [3.63, 3.8) is 0 Å². The van der Waals surface area contributed by atoms with Gasteiger partial charge in [-0.1, -0.05) is 11.6 Å². The number of rotatable bonds is 2. The van der Waals surface area contributed by atoms with E-state index in [-0.39, 0.29) is 0 Å². The molecular weight excluding hydrogens is 236 g/mol. The second-order valence-electron chi connectivity index (χ2n) is 3.74. The van der Waals surface area contributed by atoms with Crippen LogP contribution in [0.2, 0.25) is 5.02 Å². The largest absolute Gasteiger partial charge is 0.319 e. The molecule has 0 saturated carbocycles. The van der Waals surface area contributed by atoms with Gasteiger partial charge in [-0.3, -0.25) is 4.68 Å². The summed E-state index contributed by atoms with van der Waals surface area (Å²) in [5.41, 5.74) is 8.02. The summed E-state index contributed by atoms with van der Waals surface area (Å²) in [5.74, 6) is 0. The van der Waals surface area contributed by atoms with Crippen LogP contribution in [0.4, 0.5) is 0 Å². The third kappa shape index (κ3) is 2.31. The molecule has 0 aliphatic heterocycles. The molecule has 2 N–H and O–H groups in total. The maximum absolute atomic E-state index is 9.04. The van der Waals surface area contributed by atoms with Crippen LogP contribution < -0.4 is 5.73 Å². The number of aromatic nitrogens is 2. The predicted molar refractivity (Wildman–Crippen MR) is 65.4 cm³/mol. The van der Waals surface area contributed by atoms with E-state index in [1.54, 1.807) is 22.9 Å². The Bertz CT molecular complexity index is 582. The van der Waals surface area contributed by atoms with Crippen molar-refractivity contribution >= 4 is 11.6 Å². The molecule has 4 nitrogen and oxygen atoms in total. The molecule has 1 aromatic heterocycles. The van der Waals surface area contributed by atoms with Gasteiger partial charge in [0.2, 0.25) is 0 Å². The Balaban J connectivity index is 2.46.